The second-order valence-corrected chi connectivity index (χ2v) is 5.07. The molecule has 0 atom stereocenters. The number of urea groups is 1. The van der Waals surface area contributed by atoms with E-state index in [-0.39, 0.29) is 17.3 Å². The van der Waals surface area contributed by atoms with E-state index in [9.17, 15) is 14.7 Å². The lowest BCUT2D eigenvalue weighted by atomic mass is 10.1. The van der Waals surface area contributed by atoms with Crippen molar-refractivity contribution >= 4 is 17.7 Å². The summed E-state index contributed by atoms with van der Waals surface area (Å²) in [4.78, 5) is 24.3. The predicted molar refractivity (Wildman–Crippen MR) is 76.2 cm³/mol. The third kappa shape index (κ3) is 4.46. The number of amides is 2. The van der Waals surface area contributed by atoms with Crippen LogP contribution in [0.25, 0.3) is 0 Å². The van der Waals surface area contributed by atoms with Gasteiger partial charge in [0.15, 0.2) is 0 Å². The molecule has 0 saturated heterocycles. The van der Waals surface area contributed by atoms with Crippen molar-refractivity contribution in [1.82, 2.24) is 4.90 Å². The van der Waals surface area contributed by atoms with Gasteiger partial charge in [0.1, 0.15) is 11.3 Å². The van der Waals surface area contributed by atoms with Crippen LogP contribution in [0.1, 0.15) is 30.6 Å². The zero-order valence-electron chi connectivity index (χ0n) is 11.9. The van der Waals surface area contributed by atoms with Crippen LogP contribution in [-0.4, -0.2) is 40.7 Å². The van der Waals surface area contributed by atoms with Crippen molar-refractivity contribution in [2.45, 2.75) is 20.3 Å². The summed E-state index contributed by atoms with van der Waals surface area (Å²) in [6.07, 6.45) is 0.889. The molecule has 110 valence electrons. The number of phenols is 1. The number of carbonyl (C=O) groups is 2. The number of nitrogens with zero attached hydrogens (tertiary/aromatic N) is 1. The molecule has 0 radical (unpaired) electrons. The average Bonchev–Trinajstić information content (AvgIpc) is 2.37. The molecule has 0 aliphatic heterocycles. The quantitative estimate of drug-likeness (QED) is 0.723. The van der Waals surface area contributed by atoms with Crippen LogP contribution in [0.5, 0.6) is 5.75 Å². The summed E-state index contributed by atoms with van der Waals surface area (Å²) in [7, 11) is 1.68. The minimum atomic E-state index is -1.24. The molecule has 3 N–H and O–H groups in total. The number of anilines is 1. The van der Waals surface area contributed by atoms with Crippen molar-refractivity contribution in [3.63, 3.8) is 0 Å². The van der Waals surface area contributed by atoms with E-state index < -0.39 is 5.97 Å². The topological polar surface area (TPSA) is 89.9 Å². The van der Waals surface area contributed by atoms with E-state index in [2.05, 4.69) is 19.2 Å². The van der Waals surface area contributed by atoms with Crippen LogP contribution in [0.4, 0.5) is 10.5 Å². The Bertz CT molecular complexity index is 500. The van der Waals surface area contributed by atoms with Crippen LogP contribution in [0, 0.1) is 5.92 Å². The standard InChI is InChI=1S/C14H20N2O4/c1-9(2)6-7-16(3)14(20)15-10-4-5-12(17)11(8-10)13(18)19/h4-5,8-9,17H,6-7H2,1-3H3,(H,15,20)(H,18,19). The van der Waals surface area contributed by atoms with Gasteiger partial charge in [0.05, 0.1) is 0 Å². The highest BCUT2D eigenvalue weighted by molar-refractivity contribution is 5.95. The number of carbonyl (C=O) groups excluding carboxylic acids is 1. The molecule has 0 spiro atoms. The highest BCUT2D eigenvalue weighted by atomic mass is 16.4. The zero-order chi connectivity index (χ0) is 15.3. The molecule has 0 bridgehead atoms. The van der Waals surface area contributed by atoms with E-state index in [4.69, 9.17) is 5.11 Å². The number of hydrogen-bond acceptors (Lipinski definition) is 3. The molecule has 1 rings (SSSR count). The van der Waals surface area contributed by atoms with Crippen LogP contribution >= 0.6 is 0 Å². The molecule has 20 heavy (non-hydrogen) atoms. The van der Waals surface area contributed by atoms with Gasteiger partial charge < -0.3 is 20.4 Å². The number of carboxylic acids is 1. The fourth-order valence-electron chi connectivity index (χ4n) is 1.56. The van der Waals surface area contributed by atoms with Gasteiger partial charge in [-0.1, -0.05) is 13.8 Å². The first-order chi connectivity index (χ1) is 9.31. The second kappa shape index (κ2) is 6.79. The van der Waals surface area contributed by atoms with Crippen LogP contribution in [0.3, 0.4) is 0 Å². The number of carboxylic acid groups (broad SMARTS) is 1. The summed E-state index contributed by atoms with van der Waals surface area (Å²) in [5, 5.41) is 20.9. The Balaban J connectivity index is 2.71. The summed E-state index contributed by atoms with van der Waals surface area (Å²) in [5.74, 6) is -1.08. The highest BCUT2D eigenvalue weighted by Crippen LogP contribution is 2.21. The molecule has 6 heteroatoms. The maximum atomic E-state index is 11.9. The average molecular weight is 280 g/mol. The Labute approximate surface area is 118 Å². The maximum Gasteiger partial charge on any atom is 0.339 e. The van der Waals surface area contributed by atoms with E-state index in [0.717, 1.165) is 6.42 Å². The first-order valence-corrected chi connectivity index (χ1v) is 6.39. The van der Waals surface area contributed by atoms with Crippen LogP contribution in [-0.2, 0) is 0 Å². The SMILES string of the molecule is CC(C)CCN(C)C(=O)Nc1ccc(O)c(C(=O)O)c1. The molecular formula is C14H20N2O4. The van der Waals surface area contributed by atoms with E-state index >= 15 is 0 Å². The fourth-order valence-corrected chi connectivity index (χ4v) is 1.56. The third-order valence-corrected chi connectivity index (χ3v) is 2.87. The van der Waals surface area contributed by atoms with Gasteiger partial charge in [0.2, 0.25) is 0 Å². The van der Waals surface area contributed by atoms with Crippen molar-refractivity contribution in [3.05, 3.63) is 23.8 Å². The van der Waals surface area contributed by atoms with Crippen LogP contribution in [0.15, 0.2) is 18.2 Å². The van der Waals surface area contributed by atoms with Crippen molar-refractivity contribution < 1.29 is 19.8 Å². The van der Waals surface area contributed by atoms with Crippen molar-refractivity contribution in [1.29, 1.82) is 0 Å². The number of hydrogen-bond donors (Lipinski definition) is 3. The smallest absolute Gasteiger partial charge is 0.339 e. The summed E-state index contributed by atoms with van der Waals surface area (Å²) < 4.78 is 0. The van der Waals surface area contributed by atoms with Gasteiger partial charge in [0.25, 0.3) is 0 Å². The molecule has 0 fully saturated rings. The van der Waals surface area contributed by atoms with Crippen LogP contribution < -0.4 is 5.32 Å². The molecule has 2 amide bonds. The van der Waals surface area contributed by atoms with E-state index in [1.54, 1.807) is 7.05 Å². The minimum absolute atomic E-state index is 0.243. The van der Waals surface area contributed by atoms with Crippen molar-refractivity contribution in [2.24, 2.45) is 5.92 Å². The zero-order valence-corrected chi connectivity index (χ0v) is 11.9. The molecule has 0 aromatic heterocycles. The maximum absolute atomic E-state index is 11.9. The van der Waals surface area contributed by atoms with E-state index in [1.165, 1.54) is 23.1 Å². The lowest BCUT2D eigenvalue weighted by Crippen LogP contribution is -2.32. The first kappa shape index (κ1) is 15.8. The van der Waals surface area contributed by atoms with E-state index in [0.29, 0.717) is 18.2 Å². The molecule has 6 nitrogen and oxygen atoms in total. The Morgan fingerprint density at radius 3 is 2.55 bits per heavy atom. The summed E-state index contributed by atoms with van der Waals surface area (Å²) in [5.41, 5.74) is 0.0919. The Kier molecular flexibility index (Phi) is 5.37. The lowest BCUT2D eigenvalue weighted by Gasteiger charge is -2.19. The second-order valence-electron chi connectivity index (χ2n) is 5.07. The molecule has 0 heterocycles. The number of aromatic hydroxyl groups is 1. The normalized spacial score (nSPS) is 10.4. The molecule has 0 unspecified atom stereocenters. The molecule has 1 aromatic carbocycles. The Morgan fingerprint density at radius 2 is 2.00 bits per heavy atom. The van der Waals surface area contributed by atoms with Gasteiger partial charge in [-0.15, -0.1) is 0 Å². The summed E-state index contributed by atoms with van der Waals surface area (Å²) >= 11 is 0. The van der Waals surface area contributed by atoms with Gasteiger partial charge in [-0.05, 0) is 30.5 Å². The number of aromatic carboxylic acids is 1. The van der Waals surface area contributed by atoms with Crippen molar-refractivity contribution in [2.75, 3.05) is 18.9 Å². The fraction of sp³-hybridized carbons (Fsp3) is 0.429. The Morgan fingerprint density at radius 1 is 1.35 bits per heavy atom. The van der Waals surface area contributed by atoms with Gasteiger partial charge >= 0.3 is 12.0 Å². The Hall–Kier alpha value is -2.24. The van der Waals surface area contributed by atoms with E-state index in [1.807, 2.05) is 0 Å². The highest BCUT2D eigenvalue weighted by Gasteiger charge is 2.13. The molecule has 0 aliphatic carbocycles. The first-order valence-electron chi connectivity index (χ1n) is 6.39. The number of nitrogens with one attached hydrogen (secondary N) is 1. The summed E-state index contributed by atoms with van der Waals surface area (Å²) in [6.45, 7) is 4.77. The predicted octanol–water partition coefficient (Wildman–Crippen LogP) is 2.60. The van der Waals surface area contributed by atoms with Crippen molar-refractivity contribution in [3.8, 4) is 5.75 Å². The largest absolute Gasteiger partial charge is 0.507 e. The van der Waals surface area contributed by atoms with Gasteiger partial charge in [-0.25, -0.2) is 9.59 Å². The van der Waals surface area contributed by atoms with Gasteiger partial charge in [0, 0.05) is 19.3 Å². The molecular weight excluding hydrogens is 260 g/mol. The number of rotatable bonds is 5. The molecule has 1 aromatic rings. The minimum Gasteiger partial charge on any atom is -0.507 e. The molecule has 0 aliphatic rings. The van der Waals surface area contributed by atoms with Gasteiger partial charge in [-0.2, -0.15) is 0 Å². The van der Waals surface area contributed by atoms with Crippen LogP contribution in [0.2, 0.25) is 0 Å². The summed E-state index contributed by atoms with van der Waals surface area (Å²) in [6, 6.07) is 3.61. The lowest BCUT2D eigenvalue weighted by molar-refractivity contribution is 0.0693. The molecule has 0 saturated carbocycles. The third-order valence-electron chi connectivity index (χ3n) is 2.87. The van der Waals surface area contributed by atoms with Gasteiger partial charge in [-0.3, -0.25) is 0 Å². The monoisotopic (exact) mass is 280 g/mol. The number of benzene rings is 1.